The van der Waals surface area contributed by atoms with E-state index in [0.717, 1.165) is 18.4 Å². The molecule has 21 heavy (non-hydrogen) atoms. The summed E-state index contributed by atoms with van der Waals surface area (Å²) in [4.78, 5) is 22.8. The number of hydrogen-bond donors (Lipinski definition) is 1. The Morgan fingerprint density at radius 1 is 1.29 bits per heavy atom. The molecule has 6 heteroatoms. The van der Waals surface area contributed by atoms with Crippen molar-refractivity contribution >= 4 is 23.3 Å². The van der Waals surface area contributed by atoms with Gasteiger partial charge in [0, 0.05) is 25.1 Å². The SMILES string of the molecule is CCCc1nc(Cl)c(C)c(NC(C)C(=O)N(CC)CC)n1. The highest BCUT2D eigenvalue weighted by atomic mass is 35.5. The minimum Gasteiger partial charge on any atom is -0.358 e. The number of carbonyl (C=O) groups excluding carboxylic acids is 1. The van der Waals surface area contributed by atoms with Crippen LogP contribution in [0.2, 0.25) is 5.15 Å². The number of rotatable bonds is 7. The maximum atomic E-state index is 12.3. The summed E-state index contributed by atoms with van der Waals surface area (Å²) in [5, 5.41) is 3.61. The molecule has 0 aliphatic rings. The van der Waals surface area contributed by atoms with Crippen molar-refractivity contribution in [2.24, 2.45) is 0 Å². The molecule has 0 spiro atoms. The Balaban J connectivity index is 2.93. The van der Waals surface area contributed by atoms with Crippen LogP contribution >= 0.6 is 11.6 Å². The third kappa shape index (κ3) is 4.56. The van der Waals surface area contributed by atoms with Crippen LogP contribution < -0.4 is 5.32 Å². The first kappa shape index (κ1) is 17.7. The smallest absolute Gasteiger partial charge is 0.244 e. The highest BCUT2D eigenvalue weighted by Crippen LogP contribution is 2.21. The summed E-state index contributed by atoms with van der Waals surface area (Å²) in [6, 6.07) is -0.343. The number of anilines is 1. The number of aryl methyl sites for hydroxylation is 1. The van der Waals surface area contributed by atoms with Gasteiger partial charge in [-0.3, -0.25) is 4.79 Å². The van der Waals surface area contributed by atoms with Crippen LogP contribution in [0.3, 0.4) is 0 Å². The Morgan fingerprint density at radius 3 is 2.43 bits per heavy atom. The van der Waals surface area contributed by atoms with Crippen LogP contribution in [0.15, 0.2) is 0 Å². The molecule has 1 amide bonds. The second kappa shape index (κ2) is 8.17. The van der Waals surface area contributed by atoms with Crippen LogP contribution in [0.4, 0.5) is 5.82 Å². The van der Waals surface area contributed by atoms with Gasteiger partial charge in [0.25, 0.3) is 0 Å². The van der Waals surface area contributed by atoms with Gasteiger partial charge in [-0.25, -0.2) is 9.97 Å². The van der Waals surface area contributed by atoms with Crippen molar-refractivity contribution < 1.29 is 4.79 Å². The molecule has 0 saturated carbocycles. The lowest BCUT2D eigenvalue weighted by Gasteiger charge is -2.24. The Bertz CT molecular complexity index is 489. The summed E-state index contributed by atoms with van der Waals surface area (Å²) in [7, 11) is 0. The lowest BCUT2D eigenvalue weighted by atomic mass is 10.2. The predicted octanol–water partition coefficient (Wildman–Crippen LogP) is 3.06. The molecule has 0 bridgehead atoms. The summed E-state index contributed by atoms with van der Waals surface area (Å²) in [6.07, 6.45) is 1.72. The van der Waals surface area contributed by atoms with Crippen molar-refractivity contribution in [3.63, 3.8) is 0 Å². The summed E-state index contributed by atoms with van der Waals surface area (Å²) < 4.78 is 0. The number of halogens is 1. The molecular formula is C15H25ClN4O. The van der Waals surface area contributed by atoms with E-state index >= 15 is 0 Å². The van der Waals surface area contributed by atoms with Crippen molar-refractivity contribution in [2.75, 3.05) is 18.4 Å². The molecular weight excluding hydrogens is 288 g/mol. The van der Waals surface area contributed by atoms with Crippen LogP contribution in [0.1, 0.15) is 45.5 Å². The van der Waals surface area contributed by atoms with Crippen molar-refractivity contribution in [1.29, 1.82) is 0 Å². The zero-order valence-electron chi connectivity index (χ0n) is 13.5. The van der Waals surface area contributed by atoms with E-state index in [1.165, 1.54) is 0 Å². The van der Waals surface area contributed by atoms with Crippen molar-refractivity contribution in [3.8, 4) is 0 Å². The van der Waals surface area contributed by atoms with Crippen molar-refractivity contribution in [2.45, 2.75) is 53.5 Å². The Labute approximate surface area is 132 Å². The fourth-order valence-electron chi connectivity index (χ4n) is 2.08. The Hall–Kier alpha value is -1.36. The van der Waals surface area contributed by atoms with E-state index in [2.05, 4.69) is 22.2 Å². The molecule has 1 heterocycles. The minimum absolute atomic E-state index is 0.0613. The third-order valence-electron chi connectivity index (χ3n) is 3.41. The number of hydrogen-bond acceptors (Lipinski definition) is 4. The number of aromatic nitrogens is 2. The van der Waals surface area contributed by atoms with E-state index in [9.17, 15) is 4.79 Å². The molecule has 1 rings (SSSR count). The highest BCUT2D eigenvalue weighted by molar-refractivity contribution is 6.30. The minimum atomic E-state index is -0.343. The lowest BCUT2D eigenvalue weighted by molar-refractivity contribution is -0.131. The van der Waals surface area contributed by atoms with Gasteiger partial charge in [0.2, 0.25) is 5.91 Å². The zero-order chi connectivity index (χ0) is 16.0. The maximum absolute atomic E-state index is 12.3. The second-order valence-corrected chi connectivity index (χ2v) is 5.39. The van der Waals surface area contributed by atoms with Gasteiger partial charge in [0.15, 0.2) is 0 Å². The largest absolute Gasteiger partial charge is 0.358 e. The maximum Gasteiger partial charge on any atom is 0.244 e. The van der Waals surface area contributed by atoms with Gasteiger partial charge in [-0.1, -0.05) is 18.5 Å². The molecule has 1 aromatic rings. The normalized spacial score (nSPS) is 12.1. The van der Waals surface area contributed by atoms with Gasteiger partial charge in [0.05, 0.1) is 0 Å². The number of likely N-dealkylation sites (N-methyl/N-ethyl adjacent to an activating group) is 1. The summed E-state index contributed by atoms with van der Waals surface area (Å²) in [6.45, 7) is 11.1. The number of amides is 1. The highest BCUT2D eigenvalue weighted by Gasteiger charge is 2.20. The van der Waals surface area contributed by atoms with E-state index < -0.39 is 0 Å². The molecule has 118 valence electrons. The van der Waals surface area contributed by atoms with Crippen LogP contribution in [0, 0.1) is 6.92 Å². The predicted molar refractivity (Wildman–Crippen MR) is 86.8 cm³/mol. The third-order valence-corrected chi connectivity index (χ3v) is 3.77. The Kier molecular flexibility index (Phi) is 6.89. The van der Waals surface area contributed by atoms with E-state index in [1.807, 2.05) is 27.7 Å². The van der Waals surface area contributed by atoms with Gasteiger partial charge in [-0.05, 0) is 34.1 Å². The quantitative estimate of drug-likeness (QED) is 0.786. The van der Waals surface area contributed by atoms with Gasteiger partial charge in [-0.2, -0.15) is 0 Å². The lowest BCUT2D eigenvalue weighted by Crippen LogP contribution is -2.41. The van der Waals surface area contributed by atoms with Crippen molar-refractivity contribution in [1.82, 2.24) is 14.9 Å². The van der Waals surface area contributed by atoms with E-state index in [0.29, 0.717) is 29.9 Å². The first-order chi connectivity index (χ1) is 9.94. The second-order valence-electron chi connectivity index (χ2n) is 5.03. The first-order valence-corrected chi connectivity index (χ1v) is 7.90. The summed E-state index contributed by atoms with van der Waals surface area (Å²) >= 11 is 6.15. The van der Waals surface area contributed by atoms with Crippen LogP contribution in [0.5, 0.6) is 0 Å². The Morgan fingerprint density at radius 2 is 1.90 bits per heavy atom. The molecule has 0 fully saturated rings. The topological polar surface area (TPSA) is 58.1 Å². The molecule has 1 unspecified atom stereocenters. The molecule has 1 aromatic heterocycles. The van der Waals surface area contributed by atoms with E-state index in [1.54, 1.807) is 4.90 Å². The van der Waals surface area contributed by atoms with Gasteiger partial charge in [0.1, 0.15) is 22.8 Å². The molecule has 0 radical (unpaired) electrons. The standard InChI is InChI=1S/C15H25ClN4O/c1-6-9-12-18-13(16)10(4)14(19-12)17-11(5)15(21)20(7-2)8-3/h11H,6-9H2,1-5H3,(H,17,18,19). The van der Waals surface area contributed by atoms with Crippen LogP contribution in [0.25, 0.3) is 0 Å². The van der Waals surface area contributed by atoms with E-state index in [-0.39, 0.29) is 11.9 Å². The number of carbonyl (C=O) groups is 1. The zero-order valence-corrected chi connectivity index (χ0v) is 14.3. The van der Waals surface area contributed by atoms with Gasteiger partial charge >= 0.3 is 0 Å². The molecule has 0 aliphatic carbocycles. The molecule has 0 aromatic carbocycles. The van der Waals surface area contributed by atoms with E-state index in [4.69, 9.17) is 11.6 Å². The molecule has 1 atom stereocenters. The van der Waals surface area contributed by atoms with Crippen LogP contribution in [-0.2, 0) is 11.2 Å². The first-order valence-electron chi connectivity index (χ1n) is 7.52. The number of nitrogens with zero attached hydrogens (tertiary/aromatic N) is 3. The number of nitrogens with one attached hydrogen (secondary N) is 1. The van der Waals surface area contributed by atoms with Crippen molar-refractivity contribution in [3.05, 3.63) is 16.5 Å². The fourth-order valence-corrected chi connectivity index (χ4v) is 2.27. The average Bonchev–Trinajstić information content (AvgIpc) is 2.45. The van der Waals surface area contributed by atoms with Gasteiger partial charge in [-0.15, -0.1) is 0 Å². The molecule has 0 saturated heterocycles. The summed E-state index contributed by atoms with van der Waals surface area (Å²) in [5.41, 5.74) is 0.774. The molecule has 0 aliphatic heterocycles. The summed E-state index contributed by atoms with van der Waals surface area (Å²) in [5.74, 6) is 1.41. The molecule has 5 nitrogen and oxygen atoms in total. The van der Waals surface area contributed by atoms with Gasteiger partial charge < -0.3 is 10.2 Å². The average molecular weight is 313 g/mol. The fraction of sp³-hybridized carbons (Fsp3) is 0.667. The van der Waals surface area contributed by atoms with Crippen LogP contribution in [-0.4, -0.2) is 39.9 Å². The molecule has 1 N–H and O–H groups in total. The monoisotopic (exact) mass is 312 g/mol.